The van der Waals surface area contributed by atoms with E-state index in [0.717, 1.165) is 32.1 Å². The fourth-order valence-corrected chi connectivity index (χ4v) is 2.88. The molecule has 2 N–H and O–H groups in total. The van der Waals surface area contributed by atoms with Crippen LogP contribution >= 0.6 is 0 Å². The zero-order valence-electron chi connectivity index (χ0n) is 12.0. The van der Waals surface area contributed by atoms with E-state index in [0.29, 0.717) is 11.5 Å². The highest BCUT2D eigenvalue weighted by Gasteiger charge is 2.31. The summed E-state index contributed by atoms with van der Waals surface area (Å²) < 4.78 is 11.2. The maximum Gasteiger partial charge on any atom is 0.265 e. The second kappa shape index (κ2) is 6.35. The first-order valence-corrected chi connectivity index (χ1v) is 7.61. The summed E-state index contributed by atoms with van der Waals surface area (Å²) in [4.78, 5) is 12.3. The van der Waals surface area contributed by atoms with Gasteiger partial charge in [-0.15, -0.1) is 0 Å². The molecule has 0 radical (unpaired) electrons. The second-order valence-corrected chi connectivity index (χ2v) is 5.68. The van der Waals surface area contributed by atoms with Gasteiger partial charge in [0.15, 0.2) is 11.5 Å². The zero-order chi connectivity index (χ0) is 14.7. The average Bonchev–Trinajstić information content (AvgIpc) is 2.72. The number of benzene rings is 1. The van der Waals surface area contributed by atoms with E-state index in [9.17, 15) is 9.90 Å². The quantitative estimate of drug-likeness (QED) is 0.813. The number of rotatable bonds is 2. The lowest BCUT2D eigenvalue weighted by atomic mass is 10.1. The van der Waals surface area contributed by atoms with Gasteiger partial charge in [-0.2, -0.15) is 0 Å². The normalized spacial score (nSPS) is 28.5. The summed E-state index contributed by atoms with van der Waals surface area (Å²) in [6.07, 6.45) is 3.60. The number of aliphatic hydroxyl groups is 1. The van der Waals surface area contributed by atoms with Crippen molar-refractivity contribution in [3.8, 4) is 11.5 Å². The molecule has 21 heavy (non-hydrogen) atoms. The van der Waals surface area contributed by atoms with Gasteiger partial charge in [-0.25, -0.2) is 0 Å². The summed E-state index contributed by atoms with van der Waals surface area (Å²) in [6, 6.07) is 7.14. The summed E-state index contributed by atoms with van der Waals surface area (Å²) in [6.45, 7) is 0.200. The van der Waals surface area contributed by atoms with Gasteiger partial charge in [-0.05, 0) is 25.0 Å². The molecule has 1 heterocycles. The first-order valence-electron chi connectivity index (χ1n) is 7.61. The number of ether oxygens (including phenoxy) is 2. The first kappa shape index (κ1) is 14.2. The molecule has 3 unspecified atom stereocenters. The second-order valence-electron chi connectivity index (χ2n) is 5.68. The van der Waals surface area contributed by atoms with E-state index in [1.807, 2.05) is 18.2 Å². The Morgan fingerprint density at radius 1 is 1.14 bits per heavy atom. The van der Waals surface area contributed by atoms with Crippen LogP contribution in [0.2, 0.25) is 0 Å². The number of fused-ring (bicyclic) bond motifs is 1. The Balaban J connectivity index is 1.61. The third-order valence-corrected chi connectivity index (χ3v) is 4.11. The van der Waals surface area contributed by atoms with Crippen LogP contribution < -0.4 is 14.8 Å². The molecule has 1 aliphatic heterocycles. The summed E-state index contributed by atoms with van der Waals surface area (Å²) in [5.41, 5.74) is 0. The van der Waals surface area contributed by atoms with Crippen LogP contribution in [0.1, 0.15) is 32.1 Å². The Kier molecular flexibility index (Phi) is 4.29. The number of hydrogen-bond donors (Lipinski definition) is 2. The molecule has 3 atom stereocenters. The van der Waals surface area contributed by atoms with Gasteiger partial charge in [0, 0.05) is 0 Å². The lowest BCUT2D eigenvalue weighted by Gasteiger charge is -2.28. The number of para-hydroxylation sites is 2. The summed E-state index contributed by atoms with van der Waals surface area (Å²) in [5, 5.41) is 13.0. The predicted octanol–water partition coefficient (Wildman–Crippen LogP) is 1.64. The van der Waals surface area contributed by atoms with Gasteiger partial charge in [0.25, 0.3) is 5.91 Å². The Labute approximate surface area is 124 Å². The third kappa shape index (κ3) is 3.29. The van der Waals surface area contributed by atoms with E-state index in [2.05, 4.69) is 5.32 Å². The molecule has 3 rings (SSSR count). The fourth-order valence-electron chi connectivity index (χ4n) is 2.88. The molecule has 0 aromatic heterocycles. The van der Waals surface area contributed by atoms with Crippen LogP contribution in [0.3, 0.4) is 0 Å². The number of aliphatic hydroxyl groups excluding tert-OH is 1. The molecule has 0 saturated heterocycles. The minimum atomic E-state index is -0.657. The molecular formula is C16H21NO4. The van der Waals surface area contributed by atoms with Gasteiger partial charge in [0.1, 0.15) is 6.61 Å². The van der Waals surface area contributed by atoms with Crippen molar-refractivity contribution < 1.29 is 19.4 Å². The molecular weight excluding hydrogens is 270 g/mol. The van der Waals surface area contributed by atoms with Gasteiger partial charge < -0.3 is 19.9 Å². The van der Waals surface area contributed by atoms with Gasteiger partial charge in [-0.3, -0.25) is 4.79 Å². The maximum atomic E-state index is 12.3. The van der Waals surface area contributed by atoms with Crippen molar-refractivity contribution in [3.05, 3.63) is 24.3 Å². The summed E-state index contributed by atoms with van der Waals surface area (Å²) in [5.74, 6) is 1.04. The van der Waals surface area contributed by atoms with Gasteiger partial charge >= 0.3 is 0 Å². The molecule has 1 amide bonds. The third-order valence-electron chi connectivity index (χ3n) is 4.11. The van der Waals surface area contributed by atoms with Crippen molar-refractivity contribution in [2.45, 2.75) is 50.4 Å². The Bertz CT molecular complexity index is 505. The van der Waals surface area contributed by atoms with E-state index < -0.39 is 12.2 Å². The Hall–Kier alpha value is -1.75. The minimum absolute atomic E-state index is 0.180. The average molecular weight is 291 g/mol. The van der Waals surface area contributed by atoms with Crippen molar-refractivity contribution in [3.63, 3.8) is 0 Å². The zero-order valence-corrected chi connectivity index (χ0v) is 12.0. The largest absolute Gasteiger partial charge is 0.485 e. The van der Waals surface area contributed by atoms with Crippen LogP contribution in [0.15, 0.2) is 24.3 Å². The van der Waals surface area contributed by atoms with Crippen LogP contribution in [0.4, 0.5) is 0 Å². The van der Waals surface area contributed by atoms with E-state index in [1.165, 1.54) is 0 Å². The molecule has 0 bridgehead atoms. The highest BCUT2D eigenvalue weighted by molar-refractivity contribution is 5.82. The van der Waals surface area contributed by atoms with Crippen LogP contribution in [0, 0.1) is 0 Å². The van der Waals surface area contributed by atoms with Crippen LogP contribution in [0.5, 0.6) is 11.5 Å². The summed E-state index contributed by atoms with van der Waals surface area (Å²) in [7, 11) is 0. The van der Waals surface area contributed by atoms with Crippen LogP contribution in [-0.2, 0) is 4.79 Å². The molecule has 1 aliphatic carbocycles. The van der Waals surface area contributed by atoms with Crippen molar-refractivity contribution in [1.29, 1.82) is 0 Å². The minimum Gasteiger partial charge on any atom is -0.485 e. The standard InChI is InChI=1S/C16H21NO4/c18-12-7-3-1-2-6-11(12)17-16(19)15-10-20-13-8-4-5-9-14(13)21-15/h4-5,8-9,11-12,15,18H,1-3,6-7,10H2,(H,17,19). The van der Waals surface area contributed by atoms with Crippen molar-refractivity contribution in [2.75, 3.05) is 6.61 Å². The van der Waals surface area contributed by atoms with Crippen molar-refractivity contribution in [2.24, 2.45) is 0 Å². The molecule has 1 fully saturated rings. The van der Waals surface area contributed by atoms with Gasteiger partial charge in [-0.1, -0.05) is 31.4 Å². The molecule has 1 aromatic rings. The molecule has 5 heteroatoms. The lowest BCUT2D eigenvalue weighted by Crippen LogP contribution is -2.50. The lowest BCUT2D eigenvalue weighted by molar-refractivity contribution is -0.132. The summed E-state index contributed by atoms with van der Waals surface area (Å²) >= 11 is 0. The molecule has 1 saturated carbocycles. The van der Waals surface area contributed by atoms with Crippen LogP contribution in [-0.4, -0.2) is 35.9 Å². The Morgan fingerprint density at radius 3 is 2.76 bits per heavy atom. The SMILES string of the molecule is O=C(NC1CCCCCC1O)C1COc2ccccc2O1. The van der Waals surface area contributed by atoms with Gasteiger partial charge in [0.2, 0.25) is 6.10 Å². The van der Waals surface area contributed by atoms with Crippen LogP contribution in [0.25, 0.3) is 0 Å². The molecule has 2 aliphatic rings. The fraction of sp³-hybridized carbons (Fsp3) is 0.562. The topological polar surface area (TPSA) is 67.8 Å². The number of hydrogen-bond acceptors (Lipinski definition) is 4. The molecule has 1 aromatic carbocycles. The van der Waals surface area contributed by atoms with Gasteiger partial charge in [0.05, 0.1) is 12.1 Å². The van der Waals surface area contributed by atoms with Crippen molar-refractivity contribution in [1.82, 2.24) is 5.32 Å². The smallest absolute Gasteiger partial charge is 0.265 e. The highest BCUT2D eigenvalue weighted by Crippen LogP contribution is 2.31. The number of nitrogens with one attached hydrogen (secondary N) is 1. The highest BCUT2D eigenvalue weighted by atomic mass is 16.6. The number of carbonyl (C=O) groups excluding carboxylic acids is 1. The van der Waals surface area contributed by atoms with E-state index >= 15 is 0 Å². The maximum absolute atomic E-state index is 12.3. The van der Waals surface area contributed by atoms with E-state index in [-0.39, 0.29) is 18.6 Å². The number of amides is 1. The van der Waals surface area contributed by atoms with Crippen molar-refractivity contribution >= 4 is 5.91 Å². The van der Waals surface area contributed by atoms with E-state index in [4.69, 9.17) is 9.47 Å². The first-order chi connectivity index (χ1) is 10.2. The molecule has 0 spiro atoms. The number of carbonyl (C=O) groups is 1. The Morgan fingerprint density at radius 2 is 1.90 bits per heavy atom. The van der Waals surface area contributed by atoms with E-state index in [1.54, 1.807) is 6.07 Å². The predicted molar refractivity (Wildman–Crippen MR) is 77.4 cm³/mol. The molecule has 114 valence electrons. The molecule has 5 nitrogen and oxygen atoms in total. The monoisotopic (exact) mass is 291 g/mol.